The van der Waals surface area contributed by atoms with E-state index in [1.54, 1.807) is 12.1 Å². The van der Waals surface area contributed by atoms with Crippen molar-refractivity contribution in [2.75, 3.05) is 11.6 Å². The van der Waals surface area contributed by atoms with Crippen molar-refractivity contribution in [1.82, 2.24) is 19.7 Å². The van der Waals surface area contributed by atoms with Crippen LogP contribution in [-0.2, 0) is 9.84 Å². The maximum Gasteiger partial charge on any atom is 0.257 e. The third-order valence-corrected chi connectivity index (χ3v) is 4.71. The summed E-state index contributed by atoms with van der Waals surface area (Å²) in [6.07, 6.45) is 5.39. The Morgan fingerprint density at radius 1 is 1.24 bits per heavy atom. The van der Waals surface area contributed by atoms with Crippen LogP contribution in [0, 0.1) is 0 Å². The Morgan fingerprint density at radius 3 is 2.64 bits per heavy atom. The molecule has 0 unspecified atom stereocenters. The molecule has 2 aromatic heterocycles. The Morgan fingerprint density at radius 2 is 2.04 bits per heavy atom. The lowest BCUT2D eigenvalue weighted by atomic mass is 10.2. The summed E-state index contributed by atoms with van der Waals surface area (Å²) in [6.45, 7) is 0. The second kappa shape index (κ2) is 6.61. The zero-order valence-electron chi connectivity index (χ0n) is 12.9. The van der Waals surface area contributed by atoms with Gasteiger partial charge in [0.1, 0.15) is 12.7 Å². The molecule has 0 aliphatic carbocycles. The molecule has 10 heteroatoms. The first kappa shape index (κ1) is 17.1. The Kier molecular flexibility index (Phi) is 4.51. The first-order valence-electron chi connectivity index (χ1n) is 6.96. The van der Waals surface area contributed by atoms with Crippen molar-refractivity contribution in [1.29, 1.82) is 0 Å². The SMILES string of the molecule is CS(=O)(=O)c1ccc(Cl)c(C(=O)Nc2ccc(-n3cncn3)nc2)c1. The zero-order valence-corrected chi connectivity index (χ0v) is 14.5. The van der Waals surface area contributed by atoms with Gasteiger partial charge in [0.2, 0.25) is 0 Å². The molecule has 0 fully saturated rings. The van der Waals surface area contributed by atoms with Gasteiger partial charge in [0, 0.05) is 6.26 Å². The Balaban J connectivity index is 1.83. The highest BCUT2D eigenvalue weighted by molar-refractivity contribution is 7.90. The van der Waals surface area contributed by atoms with Crippen LogP contribution >= 0.6 is 11.6 Å². The van der Waals surface area contributed by atoms with E-state index in [4.69, 9.17) is 11.6 Å². The Labute approximate surface area is 148 Å². The van der Waals surface area contributed by atoms with E-state index in [2.05, 4.69) is 20.4 Å². The number of rotatable bonds is 4. The number of amides is 1. The Hall–Kier alpha value is -2.78. The van der Waals surface area contributed by atoms with Crippen LogP contribution < -0.4 is 5.32 Å². The molecule has 0 bridgehead atoms. The van der Waals surface area contributed by atoms with Crippen LogP contribution in [0.4, 0.5) is 5.69 Å². The molecule has 3 aromatic rings. The van der Waals surface area contributed by atoms with Gasteiger partial charge in [-0.3, -0.25) is 4.79 Å². The fourth-order valence-corrected chi connectivity index (χ4v) is 2.88. The Bertz CT molecular complexity index is 1020. The maximum atomic E-state index is 12.4. The quantitative estimate of drug-likeness (QED) is 0.744. The maximum absolute atomic E-state index is 12.4. The average molecular weight is 378 g/mol. The van der Waals surface area contributed by atoms with E-state index in [-0.39, 0.29) is 15.5 Å². The molecule has 25 heavy (non-hydrogen) atoms. The number of carbonyl (C=O) groups is 1. The first-order chi connectivity index (χ1) is 11.8. The zero-order chi connectivity index (χ0) is 18.0. The van der Waals surface area contributed by atoms with Gasteiger partial charge in [-0.05, 0) is 30.3 Å². The predicted molar refractivity (Wildman–Crippen MR) is 91.7 cm³/mol. The normalized spacial score (nSPS) is 11.3. The van der Waals surface area contributed by atoms with Crippen molar-refractivity contribution >= 4 is 33.0 Å². The van der Waals surface area contributed by atoms with Crippen molar-refractivity contribution in [2.45, 2.75) is 4.90 Å². The van der Waals surface area contributed by atoms with E-state index in [0.717, 1.165) is 6.26 Å². The molecule has 8 nitrogen and oxygen atoms in total. The highest BCUT2D eigenvalue weighted by Crippen LogP contribution is 2.22. The minimum absolute atomic E-state index is 0.0155. The monoisotopic (exact) mass is 377 g/mol. The molecular formula is C15H12ClN5O3S. The van der Waals surface area contributed by atoms with Crippen molar-refractivity contribution in [3.05, 3.63) is 59.8 Å². The third kappa shape index (κ3) is 3.83. The summed E-state index contributed by atoms with van der Waals surface area (Å²) in [4.78, 5) is 20.4. The van der Waals surface area contributed by atoms with Crippen LogP contribution in [0.25, 0.3) is 5.82 Å². The molecule has 0 atom stereocenters. The van der Waals surface area contributed by atoms with Crippen molar-refractivity contribution in [3.8, 4) is 5.82 Å². The molecular weight excluding hydrogens is 366 g/mol. The van der Waals surface area contributed by atoms with Crippen LogP contribution in [0.3, 0.4) is 0 Å². The molecule has 3 rings (SSSR count). The number of carbonyl (C=O) groups excluding carboxylic acids is 1. The number of anilines is 1. The second-order valence-corrected chi connectivity index (χ2v) is 7.54. The van der Waals surface area contributed by atoms with Crippen LogP contribution in [0.2, 0.25) is 5.02 Å². The van der Waals surface area contributed by atoms with Gasteiger partial charge in [-0.25, -0.2) is 23.1 Å². The lowest BCUT2D eigenvalue weighted by molar-refractivity contribution is 0.102. The smallest absolute Gasteiger partial charge is 0.257 e. The van der Waals surface area contributed by atoms with E-state index >= 15 is 0 Å². The summed E-state index contributed by atoms with van der Waals surface area (Å²) in [6, 6.07) is 7.25. The standard InChI is InChI=1S/C15H12ClN5O3S/c1-25(23,24)11-3-4-13(16)12(6-11)15(22)20-10-2-5-14(18-7-10)21-9-17-8-19-21/h2-9H,1H3,(H,20,22). The van der Waals surface area contributed by atoms with Crippen LogP contribution in [0.15, 0.2) is 54.1 Å². The molecule has 0 radical (unpaired) electrons. The molecule has 0 saturated heterocycles. The molecule has 1 aromatic carbocycles. The third-order valence-electron chi connectivity index (χ3n) is 3.27. The van der Waals surface area contributed by atoms with Crippen LogP contribution in [0.5, 0.6) is 0 Å². The molecule has 128 valence electrons. The average Bonchev–Trinajstić information content (AvgIpc) is 3.09. The van der Waals surface area contributed by atoms with Crippen molar-refractivity contribution in [2.24, 2.45) is 0 Å². The highest BCUT2D eigenvalue weighted by atomic mass is 35.5. The first-order valence-corrected chi connectivity index (χ1v) is 9.23. The summed E-state index contributed by atoms with van der Waals surface area (Å²) in [5.74, 6) is -0.00147. The number of nitrogens with zero attached hydrogens (tertiary/aromatic N) is 4. The lowest BCUT2D eigenvalue weighted by Gasteiger charge is -2.08. The van der Waals surface area contributed by atoms with Gasteiger partial charge < -0.3 is 5.32 Å². The number of halogens is 1. The number of benzene rings is 1. The summed E-state index contributed by atoms with van der Waals surface area (Å²) in [5.41, 5.74) is 0.486. The summed E-state index contributed by atoms with van der Waals surface area (Å²) in [7, 11) is -3.45. The summed E-state index contributed by atoms with van der Waals surface area (Å²) >= 11 is 6.01. The molecule has 1 amide bonds. The van der Waals surface area contributed by atoms with Crippen LogP contribution in [-0.4, -0.2) is 40.3 Å². The van der Waals surface area contributed by atoms with Crippen LogP contribution in [0.1, 0.15) is 10.4 Å². The molecule has 0 aliphatic heterocycles. The van der Waals surface area contributed by atoms with E-state index in [0.29, 0.717) is 11.5 Å². The molecule has 0 aliphatic rings. The molecule has 1 N–H and O–H groups in total. The summed E-state index contributed by atoms with van der Waals surface area (Å²) < 4.78 is 24.7. The molecule has 0 saturated carbocycles. The van der Waals surface area contributed by atoms with Gasteiger partial charge in [0.05, 0.1) is 27.4 Å². The number of hydrogen-bond donors (Lipinski definition) is 1. The van der Waals surface area contributed by atoms with Gasteiger partial charge in [-0.15, -0.1) is 0 Å². The van der Waals surface area contributed by atoms with Gasteiger partial charge in [0.15, 0.2) is 15.7 Å². The minimum Gasteiger partial charge on any atom is -0.321 e. The number of sulfone groups is 1. The van der Waals surface area contributed by atoms with E-state index in [1.807, 2.05) is 0 Å². The highest BCUT2D eigenvalue weighted by Gasteiger charge is 2.16. The van der Waals surface area contributed by atoms with Gasteiger partial charge >= 0.3 is 0 Å². The molecule has 0 spiro atoms. The van der Waals surface area contributed by atoms with Crippen molar-refractivity contribution in [3.63, 3.8) is 0 Å². The fraction of sp³-hybridized carbons (Fsp3) is 0.0667. The lowest BCUT2D eigenvalue weighted by Crippen LogP contribution is -2.14. The van der Waals surface area contributed by atoms with Gasteiger partial charge in [-0.1, -0.05) is 11.6 Å². The number of hydrogen-bond acceptors (Lipinski definition) is 6. The predicted octanol–water partition coefficient (Wildman–Crippen LogP) is 1.97. The van der Waals surface area contributed by atoms with E-state index in [1.165, 1.54) is 41.7 Å². The number of nitrogens with one attached hydrogen (secondary N) is 1. The summed E-state index contributed by atoms with van der Waals surface area (Å²) in [5, 5.41) is 6.72. The number of aromatic nitrogens is 4. The largest absolute Gasteiger partial charge is 0.321 e. The topological polar surface area (TPSA) is 107 Å². The van der Waals surface area contributed by atoms with Gasteiger partial charge in [-0.2, -0.15) is 5.10 Å². The van der Waals surface area contributed by atoms with Gasteiger partial charge in [0.25, 0.3) is 5.91 Å². The van der Waals surface area contributed by atoms with Crippen molar-refractivity contribution < 1.29 is 13.2 Å². The minimum atomic E-state index is -3.45. The molecule has 2 heterocycles. The van der Waals surface area contributed by atoms with E-state index in [9.17, 15) is 13.2 Å². The number of pyridine rings is 1. The van der Waals surface area contributed by atoms with E-state index < -0.39 is 15.7 Å². The fourth-order valence-electron chi connectivity index (χ4n) is 2.03. The second-order valence-electron chi connectivity index (χ2n) is 5.11.